The third-order valence-electron chi connectivity index (χ3n) is 1.38. The zero-order chi connectivity index (χ0) is 9.26. The Morgan fingerprint density at radius 1 is 1.31 bits per heavy atom. The first-order chi connectivity index (χ1) is 6.25. The molecule has 0 radical (unpaired) electrons. The molecule has 0 aliphatic rings. The third kappa shape index (κ3) is 1.84. The average Bonchev–Trinajstić information content (AvgIpc) is 2.52. The maximum Gasteiger partial charge on any atom is 0.223 e. The summed E-state index contributed by atoms with van der Waals surface area (Å²) in [7, 11) is 0. The fourth-order valence-electron chi connectivity index (χ4n) is 0.862. The van der Waals surface area contributed by atoms with Crippen LogP contribution in [-0.4, -0.2) is 15.0 Å². The molecule has 13 heavy (non-hydrogen) atoms. The summed E-state index contributed by atoms with van der Waals surface area (Å²) in [4.78, 5) is 12.7. The highest BCUT2D eigenvalue weighted by atomic mass is 79.9. The molecular formula is C7H5BrN4S. The summed E-state index contributed by atoms with van der Waals surface area (Å²) in [6, 6.07) is 3.88. The molecule has 66 valence electrons. The summed E-state index contributed by atoms with van der Waals surface area (Å²) in [5.41, 5.74) is 5.43. The average molecular weight is 257 g/mol. The van der Waals surface area contributed by atoms with Gasteiger partial charge in [0.05, 0.1) is 8.66 Å². The van der Waals surface area contributed by atoms with Crippen molar-refractivity contribution in [2.24, 2.45) is 0 Å². The quantitative estimate of drug-likeness (QED) is 0.847. The highest BCUT2D eigenvalue weighted by Crippen LogP contribution is 2.28. The van der Waals surface area contributed by atoms with Crippen molar-refractivity contribution >= 4 is 33.2 Å². The van der Waals surface area contributed by atoms with E-state index in [4.69, 9.17) is 5.73 Å². The van der Waals surface area contributed by atoms with Gasteiger partial charge in [0.25, 0.3) is 0 Å². The van der Waals surface area contributed by atoms with Crippen LogP contribution >= 0.6 is 27.3 Å². The van der Waals surface area contributed by atoms with Crippen molar-refractivity contribution in [1.29, 1.82) is 0 Å². The van der Waals surface area contributed by atoms with Gasteiger partial charge in [-0.05, 0) is 28.1 Å². The number of anilines is 1. The Kier molecular flexibility index (Phi) is 2.24. The summed E-state index contributed by atoms with van der Waals surface area (Å²) >= 11 is 4.92. The largest absolute Gasteiger partial charge is 0.368 e. The number of hydrogen-bond acceptors (Lipinski definition) is 5. The molecular weight excluding hydrogens is 252 g/mol. The summed E-state index contributed by atoms with van der Waals surface area (Å²) in [6.07, 6.45) is 1.41. The van der Waals surface area contributed by atoms with Gasteiger partial charge >= 0.3 is 0 Å². The standard InChI is InChI=1S/C7H5BrN4S/c8-5-2-1-4(13-5)6-10-3-11-7(9)12-6/h1-3H,(H2,9,10,11,12). The second-order valence-electron chi connectivity index (χ2n) is 2.27. The maximum absolute atomic E-state index is 5.43. The first-order valence-corrected chi connectivity index (χ1v) is 5.07. The molecule has 6 heteroatoms. The summed E-state index contributed by atoms with van der Waals surface area (Å²) < 4.78 is 1.04. The zero-order valence-electron chi connectivity index (χ0n) is 6.44. The van der Waals surface area contributed by atoms with Crippen LogP contribution in [0.2, 0.25) is 0 Å². The van der Waals surface area contributed by atoms with Gasteiger partial charge < -0.3 is 5.73 Å². The number of aromatic nitrogens is 3. The first-order valence-electron chi connectivity index (χ1n) is 3.46. The van der Waals surface area contributed by atoms with Gasteiger partial charge in [0.2, 0.25) is 5.95 Å². The number of hydrogen-bond donors (Lipinski definition) is 1. The predicted molar refractivity (Wildman–Crippen MR) is 55.3 cm³/mol. The van der Waals surface area contributed by atoms with Crippen LogP contribution in [0.1, 0.15) is 0 Å². The van der Waals surface area contributed by atoms with Crippen molar-refractivity contribution in [3.8, 4) is 10.7 Å². The minimum atomic E-state index is 0.245. The van der Waals surface area contributed by atoms with Gasteiger partial charge in [-0.15, -0.1) is 11.3 Å². The van der Waals surface area contributed by atoms with Crippen molar-refractivity contribution in [2.75, 3.05) is 5.73 Å². The topological polar surface area (TPSA) is 64.7 Å². The van der Waals surface area contributed by atoms with Crippen molar-refractivity contribution in [2.45, 2.75) is 0 Å². The molecule has 0 fully saturated rings. The van der Waals surface area contributed by atoms with E-state index in [2.05, 4.69) is 30.9 Å². The predicted octanol–water partition coefficient (Wildman–Crippen LogP) is 1.94. The summed E-state index contributed by atoms with van der Waals surface area (Å²) in [6.45, 7) is 0. The van der Waals surface area contributed by atoms with E-state index in [9.17, 15) is 0 Å². The molecule has 0 aliphatic carbocycles. The van der Waals surface area contributed by atoms with Gasteiger partial charge in [0, 0.05) is 0 Å². The number of nitrogens with zero attached hydrogens (tertiary/aromatic N) is 3. The van der Waals surface area contributed by atoms with Gasteiger partial charge in [0.1, 0.15) is 6.33 Å². The second kappa shape index (κ2) is 3.39. The van der Waals surface area contributed by atoms with Crippen molar-refractivity contribution in [3.63, 3.8) is 0 Å². The molecule has 2 N–H and O–H groups in total. The minimum Gasteiger partial charge on any atom is -0.368 e. The number of rotatable bonds is 1. The van der Waals surface area contributed by atoms with Crippen molar-refractivity contribution in [3.05, 3.63) is 22.2 Å². The summed E-state index contributed by atoms with van der Waals surface area (Å²) in [5.74, 6) is 0.859. The minimum absolute atomic E-state index is 0.245. The zero-order valence-corrected chi connectivity index (χ0v) is 8.84. The SMILES string of the molecule is Nc1ncnc(-c2ccc(Br)s2)n1. The van der Waals surface area contributed by atoms with E-state index < -0.39 is 0 Å². The Bertz CT molecular complexity index is 428. The molecule has 4 nitrogen and oxygen atoms in total. The molecule has 0 aromatic carbocycles. The maximum atomic E-state index is 5.43. The normalized spacial score (nSPS) is 10.2. The molecule has 0 spiro atoms. The smallest absolute Gasteiger partial charge is 0.223 e. The van der Waals surface area contributed by atoms with E-state index in [1.165, 1.54) is 6.33 Å². The molecule has 2 rings (SSSR count). The molecule has 0 saturated heterocycles. The van der Waals surface area contributed by atoms with Crippen LogP contribution in [0.15, 0.2) is 22.2 Å². The van der Waals surface area contributed by atoms with Crippen LogP contribution in [0.3, 0.4) is 0 Å². The lowest BCUT2D eigenvalue weighted by Crippen LogP contribution is -1.96. The first kappa shape index (κ1) is 8.58. The van der Waals surface area contributed by atoms with Crippen LogP contribution in [0.5, 0.6) is 0 Å². The van der Waals surface area contributed by atoms with Crippen LogP contribution in [0.25, 0.3) is 10.7 Å². The van der Waals surface area contributed by atoms with Crippen LogP contribution in [-0.2, 0) is 0 Å². The molecule has 2 aromatic heterocycles. The molecule has 0 saturated carbocycles. The highest BCUT2D eigenvalue weighted by Gasteiger charge is 2.04. The molecule has 0 aliphatic heterocycles. The molecule has 2 aromatic rings. The Balaban J connectivity index is 2.46. The van der Waals surface area contributed by atoms with Gasteiger partial charge in [-0.3, -0.25) is 0 Å². The van der Waals surface area contributed by atoms with E-state index in [1.54, 1.807) is 11.3 Å². The van der Waals surface area contributed by atoms with Gasteiger partial charge in [-0.25, -0.2) is 9.97 Å². The van der Waals surface area contributed by atoms with Crippen LogP contribution < -0.4 is 5.73 Å². The van der Waals surface area contributed by atoms with Gasteiger partial charge in [-0.1, -0.05) is 0 Å². The van der Waals surface area contributed by atoms with Crippen LogP contribution in [0, 0.1) is 0 Å². The lowest BCUT2D eigenvalue weighted by Gasteiger charge is -1.94. The molecule has 0 atom stereocenters. The molecule has 0 amide bonds. The Morgan fingerprint density at radius 2 is 2.15 bits per heavy atom. The molecule has 0 unspecified atom stereocenters. The van der Waals surface area contributed by atoms with E-state index in [-0.39, 0.29) is 5.95 Å². The van der Waals surface area contributed by atoms with Gasteiger partial charge in [0.15, 0.2) is 5.82 Å². The Labute approximate surface area is 87.0 Å². The number of thiophene rings is 1. The Morgan fingerprint density at radius 3 is 2.77 bits per heavy atom. The lowest BCUT2D eigenvalue weighted by atomic mass is 10.4. The Hall–Kier alpha value is -1.01. The fraction of sp³-hybridized carbons (Fsp3) is 0. The van der Waals surface area contributed by atoms with E-state index in [0.717, 1.165) is 8.66 Å². The van der Waals surface area contributed by atoms with E-state index >= 15 is 0 Å². The second-order valence-corrected chi connectivity index (χ2v) is 4.73. The number of nitrogens with two attached hydrogens (primary N) is 1. The lowest BCUT2D eigenvalue weighted by molar-refractivity contribution is 1.08. The highest BCUT2D eigenvalue weighted by molar-refractivity contribution is 9.11. The number of halogens is 1. The van der Waals surface area contributed by atoms with Crippen molar-refractivity contribution in [1.82, 2.24) is 15.0 Å². The number of nitrogen functional groups attached to an aromatic ring is 1. The summed E-state index contributed by atoms with van der Waals surface area (Å²) in [5, 5.41) is 0. The molecule has 0 bridgehead atoms. The third-order valence-corrected chi connectivity index (χ3v) is 3.00. The monoisotopic (exact) mass is 256 g/mol. The van der Waals surface area contributed by atoms with Gasteiger partial charge in [-0.2, -0.15) is 4.98 Å². The van der Waals surface area contributed by atoms with E-state index in [0.29, 0.717) is 5.82 Å². The fourth-order valence-corrected chi connectivity index (χ4v) is 2.19. The van der Waals surface area contributed by atoms with E-state index in [1.807, 2.05) is 12.1 Å². The molecule has 2 heterocycles. The van der Waals surface area contributed by atoms with Crippen LogP contribution in [0.4, 0.5) is 5.95 Å². The van der Waals surface area contributed by atoms with Crippen molar-refractivity contribution < 1.29 is 0 Å².